The first-order chi connectivity index (χ1) is 13.2. The predicted molar refractivity (Wildman–Crippen MR) is 125 cm³/mol. The minimum atomic E-state index is 0. The average Bonchev–Trinajstić information content (AvgIpc) is 3.22. The molecule has 0 heterocycles. The van der Waals surface area contributed by atoms with Crippen molar-refractivity contribution in [3.63, 3.8) is 0 Å². The Labute approximate surface area is 187 Å². The fourth-order valence-electron chi connectivity index (χ4n) is 3.40. The monoisotopic (exact) mass is 505 g/mol. The van der Waals surface area contributed by atoms with Gasteiger partial charge in [0.25, 0.3) is 0 Å². The van der Waals surface area contributed by atoms with Gasteiger partial charge in [-0.1, -0.05) is 18.9 Å². The summed E-state index contributed by atoms with van der Waals surface area (Å²) in [6.45, 7) is 2.57. The van der Waals surface area contributed by atoms with Crippen LogP contribution in [-0.4, -0.2) is 65.0 Å². The fourth-order valence-corrected chi connectivity index (χ4v) is 3.40. The van der Waals surface area contributed by atoms with Crippen molar-refractivity contribution in [1.29, 1.82) is 0 Å². The van der Waals surface area contributed by atoms with E-state index in [-0.39, 0.29) is 24.0 Å². The molecule has 2 rings (SSSR count). The minimum absolute atomic E-state index is 0. The molecule has 28 heavy (non-hydrogen) atoms. The molecule has 6 nitrogen and oxygen atoms in total. The molecule has 1 aliphatic carbocycles. The molecule has 0 amide bonds. The maximum Gasteiger partial charge on any atom is 0.193 e. The second-order valence-electron chi connectivity index (χ2n) is 6.97. The van der Waals surface area contributed by atoms with E-state index in [1.54, 1.807) is 14.2 Å². The van der Waals surface area contributed by atoms with E-state index in [1.807, 2.05) is 19.2 Å². The second-order valence-corrected chi connectivity index (χ2v) is 6.97. The Morgan fingerprint density at radius 1 is 1.18 bits per heavy atom. The summed E-state index contributed by atoms with van der Waals surface area (Å²) in [6.07, 6.45) is 7.50. The van der Waals surface area contributed by atoms with Crippen LogP contribution in [0.2, 0.25) is 0 Å². The Hall–Kier alpha value is -1.22. The quantitative estimate of drug-likeness (QED) is 0.228. The highest BCUT2D eigenvalue weighted by Gasteiger charge is 2.14. The third kappa shape index (κ3) is 8.03. The van der Waals surface area contributed by atoms with Gasteiger partial charge in [-0.15, -0.1) is 24.0 Å². The van der Waals surface area contributed by atoms with Gasteiger partial charge in [0.2, 0.25) is 0 Å². The van der Waals surface area contributed by atoms with Crippen molar-refractivity contribution in [2.45, 2.75) is 44.6 Å². The standard InChI is InChI=1S/C21H35N3O3.HI/c1-22-21(23-13-7-15-27-18-8-5-6-9-18)24(2)14-12-17-10-11-19(25-3)20(16-17)26-4;/h10-11,16,18H,5-9,12-15H2,1-4H3,(H,22,23);1H. The lowest BCUT2D eigenvalue weighted by Crippen LogP contribution is -2.40. The average molecular weight is 505 g/mol. The topological polar surface area (TPSA) is 55.3 Å². The van der Waals surface area contributed by atoms with E-state index in [2.05, 4.69) is 28.3 Å². The number of nitrogens with one attached hydrogen (secondary N) is 1. The summed E-state index contributed by atoms with van der Waals surface area (Å²) in [5, 5.41) is 3.42. The minimum Gasteiger partial charge on any atom is -0.493 e. The van der Waals surface area contributed by atoms with Crippen molar-refractivity contribution in [2.24, 2.45) is 4.99 Å². The van der Waals surface area contributed by atoms with Crippen LogP contribution in [0.15, 0.2) is 23.2 Å². The van der Waals surface area contributed by atoms with Crippen LogP contribution in [0.1, 0.15) is 37.7 Å². The van der Waals surface area contributed by atoms with Crippen LogP contribution in [0.25, 0.3) is 0 Å². The first-order valence-electron chi connectivity index (χ1n) is 9.92. The second kappa shape index (κ2) is 13.9. The third-order valence-corrected chi connectivity index (χ3v) is 5.02. The maximum atomic E-state index is 5.91. The molecular formula is C21H36IN3O3. The zero-order chi connectivity index (χ0) is 19.5. The van der Waals surface area contributed by atoms with Crippen molar-refractivity contribution in [1.82, 2.24) is 10.2 Å². The highest BCUT2D eigenvalue weighted by atomic mass is 127. The van der Waals surface area contributed by atoms with Gasteiger partial charge in [0.05, 0.1) is 20.3 Å². The molecule has 1 aliphatic rings. The summed E-state index contributed by atoms with van der Waals surface area (Å²) in [6, 6.07) is 6.06. The van der Waals surface area contributed by atoms with Crippen molar-refractivity contribution in [3.8, 4) is 11.5 Å². The molecule has 0 radical (unpaired) electrons. The highest BCUT2D eigenvalue weighted by Crippen LogP contribution is 2.27. The zero-order valence-electron chi connectivity index (χ0n) is 17.7. The van der Waals surface area contributed by atoms with Crippen LogP contribution in [-0.2, 0) is 11.2 Å². The van der Waals surface area contributed by atoms with E-state index in [4.69, 9.17) is 14.2 Å². The molecule has 0 bridgehead atoms. The lowest BCUT2D eigenvalue weighted by molar-refractivity contribution is 0.0573. The number of ether oxygens (including phenoxy) is 3. The summed E-state index contributed by atoms with van der Waals surface area (Å²) in [4.78, 5) is 6.53. The smallest absolute Gasteiger partial charge is 0.193 e. The van der Waals surface area contributed by atoms with E-state index in [0.717, 1.165) is 50.0 Å². The molecule has 1 N–H and O–H groups in total. The first kappa shape index (κ1) is 24.8. The largest absolute Gasteiger partial charge is 0.493 e. The Bertz CT molecular complexity index is 592. The number of rotatable bonds is 10. The molecule has 160 valence electrons. The number of nitrogens with zero attached hydrogens (tertiary/aromatic N) is 2. The van der Waals surface area contributed by atoms with E-state index in [0.29, 0.717) is 6.10 Å². The molecule has 0 saturated heterocycles. The van der Waals surface area contributed by atoms with Crippen LogP contribution < -0.4 is 14.8 Å². The van der Waals surface area contributed by atoms with Gasteiger partial charge in [0.15, 0.2) is 17.5 Å². The zero-order valence-corrected chi connectivity index (χ0v) is 20.0. The van der Waals surface area contributed by atoms with Gasteiger partial charge in [-0.2, -0.15) is 0 Å². The molecular weight excluding hydrogens is 469 g/mol. The molecule has 1 fully saturated rings. The molecule has 1 saturated carbocycles. The van der Waals surface area contributed by atoms with Gasteiger partial charge in [0, 0.05) is 33.8 Å². The molecule has 0 unspecified atom stereocenters. The lowest BCUT2D eigenvalue weighted by atomic mass is 10.1. The van der Waals surface area contributed by atoms with Gasteiger partial charge < -0.3 is 24.4 Å². The Morgan fingerprint density at radius 3 is 2.54 bits per heavy atom. The molecule has 0 spiro atoms. The third-order valence-electron chi connectivity index (χ3n) is 5.02. The molecule has 1 aromatic carbocycles. The summed E-state index contributed by atoms with van der Waals surface area (Å²) in [7, 11) is 7.20. The number of halogens is 1. The number of guanidine groups is 1. The molecule has 0 aromatic heterocycles. The number of aliphatic imine (C=N–C) groups is 1. The van der Waals surface area contributed by atoms with Crippen LogP contribution in [0, 0.1) is 0 Å². The van der Waals surface area contributed by atoms with E-state index in [9.17, 15) is 0 Å². The number of likely N-dealkylation sites (N-methyl/N-ethyl adjacent to an activating group) is 1. The molecule has 0 aliphatic heterocycles. The van der Waals surface area contributed by atoms with Crippen LogP contribution in [0.5, 0.6) is 11.5 Å². The number of benzene rings is 1. The van der Waals surface area contributed by atoms with E-state index >= 15 is 0 Å². The van der Waals surface area contributed by atoms with Gasteiger partial charge in [-0.3, -0.25) is 4.99 Å². The SMILES string of the molecule is CN=C(NCCCOC1CCCC1)N(C)CCc1ccc(OC)c(OC)c1.I. The Kier molecular flexibility index (Phi) is 12.3. The van der Waals surface area contributed by atoms with Gasteiger partial charge >= 0.3 is 0 Å². The fraction of sp³-hybridized carbons (Fsp3) is 0.667. The lowest BCUT2D eigenvalue weighted by Gasteiger charge is -2.22. The van der Waals surface area contributed by atoms with E-state index in [1.165, 1.54) is 31.2 Å². The predicted octanol–water partition coefficient (Wildman–Crippen LogP) is 3.72. The Balaban J connectivity index is 0.00000392. The van der Waals surface area contributed by atoms with Crippen molar-refractivity contribution < 1.29 is 14.2 Å². The van der Waals surface area contributed by atoms with Gasteiger partial charge in [-0.25, -0.2) is 0 Å². The summed E-state index contributed by atoms with van der Waals surface area (Å²) in [5.74, 6) is 2.44. The summed E-state index contributed by atoms with van der Waals surface area (Å²) >= 11 is 0. The number of methoxy groups -OCH3 is 2. The Morgan fingerprint density at radius 2 is 1.89 bits per heavy atom. The van der Waals surface area contributed by atoms with Crippen LogP contribution >= 0.6 is 24.0 Å². The normalized spacial score (nSPS) is 14.5. The molecule has 0 atom stereocenters. The molecule has 1 aromatic rings. The number of hydrogen-bond donors (Lipinski definition) is 1. The van der Waals surface area contributed by atoms with Crippen LogP contribution in [0.3, 0.4) is 0 Å². The maximum absolute atomic E-state index is 5.91. The van der Waals surface area contributed by atoms with Crippen LogP contribution in [0.4, 0.5) is 0 Å². The van der Waals surface area contributed by atoms with Crippen molar-refractivity contribution >= 4 is 29.9 Å². The van der Waals surface area contributed by atoms with E-state index < -0.39 is 0 Å². The summed E-state index contributed by atoms with van der Waals surface area (Å²) < 4.78 is 16.6. The molecule has 7 heteroatoms. The van der Waals surface area contributed by atoms with Crippen molar-refractivity contribution in [3.05, 3.63) is 23.8 Å². The number of hydrogen-bond acceptors (Lipinski definition) is 4. The van der Waals surface area contributed by atoms with Gasteiger partial charge in [-0.05, 0) is 43.4 Å². The van der Waals surface area contributed by atoms with Gasteiger partial charge in [0.1, 0.15) is 0 Å². The highest BCUT2D eigenvalue weighted by molar-refractivity contribution is 14.0. The first-order valence-corrected chi connectivity index (χ1v) is 9.92. The summed E-state index contributed by atoms with van der Waals surface area (Å²) in [5.41, 5.74) is 1.21. The van der Waals surface area contributed by atoms with Crippen molar-refractivity contribution in [2.75, 3.05) is 48.0 Å².